The molecule has 1 unspecified atom stereocenters. The molecule has 0 radical (unpaired) electrons. The van der Waals surface area contributed by atoms with Crippen LogP contribution >= 0.6 is 15.9 Å². The van der Waals surface area contributed by atoms with Gasteiger partial charge in [-0.3, -0.25) is 0 Å². The van der Waals surface area contributed by atoms with Gasteiger partial charge in [-0.15, -0.1) is 0 Å². The number of hydrogen-bond donors (Lipinski definition) is 1. The summed E-state index contributed by atoms with van der Waals surface area (Å²) in [5, 5.41) is 10.6. The van der Waals surface area contributed by atoms with Crippen molar-refractivity contribution in [1.29, 1.82) is 0 Å². The number of aliphatic hydroxyl groups excluding tert-OH is 1. The summed E-state index contributed by atoms with van der Waals surface area (Å²) >= 11 is 3.47. The maximum atomic E-state index is 10.6. The summed E-state index contributed by atoms with van der Waals surface area (Å²) < 4.78 is 1.05. The molecule has 0 aromatic heterocycles. The lowest BCUT2D eigenvalue weighted by molar-refractivity contribution is 0.1000. The maximum Gasteiger partial charge on any atom is 0.0671 e. The van der Waals surface area contributed by atoms with Gasteiger partial charge in [0.2, 0.25) is 0 Å². The van der Waals surface area contributed by atoms with Crippen LogP contribution in [0.1, 0.15) is 25.0 Å². The van der Waals surface area contributed by atoms with Crippen molar-refractivity contribution in [2.45, 2.75) is 31.8 Å². The number of hydrogen-bond acceptors (Lipinski definition) is 1. The van der Waals surface area contributed by atoms with Crippen LogP contribution in [0.5, 0.6) is 0 Å². The quantitative estimate of drug-likeness (QED) is 0.889. The molecule has 0 aliphatic heterocycles. The van der Waals surface area contributed by atoms with Crippen LogP contribution in [-0.2, 0) is 11.8 Å². The smallest absolute Gasteiger partial charge is 0.0671 e. The van der Waals surface area contributed by atoms with Crippen LogP contribution in [0.3, 0.4) is 0 Å². The highest BCUT2D eigenvalue weighted by atomic mass is 79.9. The summed E-state index contributed by atoms with van der Waals surface area (Å²) in [5.41, 5.74) is 2.05. The summed E-state index contributed by atoms with van der Waals surface area (Å²) in [4.78, 5) is 0. The highest BCUT2D eigenvalue weighted by molar-refractivity contribution is 9.10. The van der Waals surface area contributed by atoms with Crippen molar-refractivity contribution in [3.05, 3.63) is 70.2 Å². The van der Waals surface area contributed by atoms with E-state index in [2.05, 4.69) is 54.0 Å². The van der Waals surface area contributed by atoms with Gasteiger partial charge in [-0.1, -0.05) is 72.2 Å². The van der Waals surface area contributed by atoms with Gasteiger partial charge in [0.1, 0.15) is 0 Å². The third-order valence-corrected chi connectivity index (χ3v) is 4.16. The van der Waals surface area contributed by atoms with Gasteiger partial charge in [-0.05, 0) is 29.7 Å². The van der Waals surface area contributed by atoms with Gasteiger partial charge in [0.15, 0.2) is 0 Å². The predicted molar refractivity (Wildman–Crippen MR) is 83.3 cm³/mol. The van der Waals surface area contributed by atoms with E-state index in [0.717, 1.165) is 15.6 Å². The molecule has 0 heterocycles. The molecule has 1 atom stereocenters. The van der Waals surface area contributed by atoms with Crippen molar-refractivity contribution >= 4 is 15.9 Å². The molecular weight excluding hydrogens is 300 g/mol. The van der Waals surface area contributed by atoms with Gasteiger partial charge in [-0.25, -0.2) is 0 Å². The minimum atomic E-state index is -0.413. The van der Waals surface area contributed by atoms with Gasteiger partial charge >= 0.3 is 0 Å². The molecular formula is C17H19BrO. The second-order valence-corrected chi connectivity index (χ2v) is 6.35. The average Bonchev–Trinajstić information content (AvgIpc) is 2.39. The molecule has 1 nitrogen and oxygen atoms in total. The zero-order chi connectivity index (χ0) is 13.9. The third kappa shape index (κ3) is 3.46. The van der Waals surface area contributed by atoms with E-state index in [1.807, 2.05) is 30.3 Å². The van der Waals surface area contributed by atoms with Crippen molar-refractivity contribution < 1.29 is 5.11 Å². The van der Waals surface area contributed by atoms with E-state index >= 15 is 0 Å². The molecule has 0 aliphatic rings. The van der Waals surface area contributed by atoms with E-state index in [4.69, 9.17) is 0 Å². The van der Waals surface area contributed by atoms with Crippen LogP contribution in [0.15, 0.2) is 59.1 Å². The molecule has 1 N–H and O–H groups in total. The fourth-order valence-corrected chi connectivity index (χ4v) is 2.65. The lowest BCUT2D eigenvalue weighted by Gasteiger charge is -2.31. The standard InChI is InChI=1S/C17H19BrO/c1-17(2,14-8-4-3-5-9-14)16(19)12-13-7-6-10-15(18)11-13/h3-11,16,19H,12H2,1-2H3. The second-order valence-electron chi connectivity index (χ2n) is 5.44. The van der Waals surface area contributed by atoms with Crippen molar-refractivity contribution in [3.63, 3.8) is 0 Å². The molecule has 0 saturated heterocycles. The van der Waals surface area contributed by atoms with Crippen LogP contribution in [0, 0.1) is 0 Å². The van der Waals surface area contributed by atoms with Gasteiger partial charge in [0.25, 0.3) is 0 Å². The lowest BCUT2D eigenvalue weighted by atomic mass is 9.77. The van der Waals surface area contributed by atoms with E-state index < -0.39 is 6.10 Å². The third-order valence-electron chi connectivity index (χ3n) is 3.67. The average molecular weight is 319 g/mol. The molecule has 100 valence electrons. The van der Waals surface area contributed by atoms with Crippen LogP contribution < -0.4 is 0 Å². The Bertz CT molecular complexity index is 534. The minimum absolute atomic E-state index is 0.260. The Labute approximate surface area is 123 Å². The molecule has 2 rings (SSSR count). The summed E-state index contributed by atoms with van der Waals surface area (Å²) in [6, 6.07) is 18.3. The molecule has 0 aliphatic carbocycles. The number of benzene rings is 2. The van der Waals surface area contributed by atoms with Crippen LogP contribution in [0.25, 0.3) is 0 Å². The van der Waals surface area contributed by atoms with Crippen molar-refractivity contribution in [1.82, 2.24) is 0 Å². The van der Waals surface area contributed by atoms with E-state index in [-0.39, 0.29) is 5.41 Å². The van der Waals surface area contributed by atoms with Gasteiger partial charge in [0.05, 0.1) is 6.10 Å². The Kier molecular flexibility index (Phi) is 4.43. The van der Waals surface area contributed by atoms with Gasteiger partial charge in [0, 0.05) is 9.89 Å². The molecule has 0 fully saturated rings. The topological polar surface area (TPSA) is 20.2 Å². The molecule has 0 bridgehead atoms. The normalized spacial score (nSPS) is 13.3. The summed E-state index contributed by atoms with van der Waals surface area (Å²) in [6.45, 7) is 4.18. The summed E-state index contributed by atoms with van der Waals surface area (Å²) in [6.07, 6.45) is 0.241. The monoisotopic (exact) mass is 318 g/mol. The second kappa shape index (κ2) is 5.89. The van der Waals surface area contributed by atoms with Crippen molar-refractivity contribution in [3.8, 4) is 0 Å². The zero-order valence-electron chi connectivity index (χ0n) is 11.3. The molecule has 19 heavy (non-hydrogen) atoms. The summed E-state index contributed by atoms with van der Waals surface area (Å²) in [7, 11) is 0. The van der Waals surface area contributed by atoms with Crippen molar-refractivity contribution in [2.24, 2.45) is 0 Å². The zero-order valence-corrected chi connectivity index (χ0v) is 12.9. The maximum absolute atomic E-state index is 10.6. The number of aliphatic hydroxyl groups is 1. The van der Waals surface area contributed by atoms with Gasteiger partial charge < -0.3 is 5.11 Å². The Hall–Kier alpha value is -1.12. The minimum Gasteiger partial charge on any atom is -0.392 e. The SMILES string of the molecule is CC(C)(c1ccccc1)C(O)Cc1cccc(Br)c1. The number of halogens is 1. The Morgan fingerprint density at radius 3 is 2.37 bits per heavy atom. The van der Waals surface area contributed by atoms with Crippen LogP contribution in [0.4, 0.5) is 0 Å². The number of rotatable bonds is 4. The molecule has 2 aromatic rings. The largest absolute Gasteiger partial charge is 0.392 e. The fraction of sp³-hybridized carbons (Fsp3) is 0.294. The fourth-order valence-electron chi connectivity index (χ4n) is 2.20. The molecule has 0 saturated carbocycles. The molecule has 0 amide bonds. The first-order valence-corrected chi connectivity index (χ1v) is 7.27. The summed E-state index contributed by atoms with van der Waals surface area (Å²) in [5.74, 6) is 0. The van der Waals surface area contributed by atoms with E-state index in [0.29, 0.717) is 6.42 Å². The molecule has 2 aromatic carbocycles. The van der Waals surface area contributed by atoms with Gasteiger partial charge in [-0.2, -0.15) is 0 Å². The first kappa shape index (κ1) is 14.3. The van der Waals surface area contributed by atoms with Crippen LogP contribution in [-0.4, -0.2) is 11.2 Å². The predicted octanol–water partition coefficient (Wildman–Crippen LogP) is 4.33. The van der Waals surface area contributed by atoms with Crippen LogP contribution in [0.2, 0.25) is 0 Å². The Morgan fingerprint density at radius 1 is 1.05 bits per heavy atom. The Balaban J connectivity index is 2.17. The first-order chi connectivity index (χ1) is 9.00. The molecule has 0 spiro atoms. The Morgan fingerprint density at radius 2 is 1.74 bits per heavy atom. The lowest BCUT2D eigenvalue weighted by Crippen LogP contribution is -2.35. The first-order valence-electron chi connectivity index (χ1n) is 6.48. The molecule has 2 heteroatoms. The van der Waals surface area contributed by atoms with Crippen molar-refractivity contribution in [2.75, 3.05) is 0 Å². The highest BCUT2D eigenvalue weighted by Gasteiger charge is 2.29. The van der Waals surface area contributed by atoms with E-state index in [1.54, 1.807) is 0 Å². The highest BCUT2D eigenvalue weighted by Crippen LogP contribution is 2.29. The van der Waals surface area contributed by atoms with E-state index in [9.17, 15) is 5.11 Å². The van der Waals surface area contributed by atoms with E-state index in [1.165, 1.54) is 0 Å².